The molecule has 0 aliphatic heterocycles. The van der Waals surface area contributed by atoms with Crippen LogP contribution in [0.4, 0.5) is 0 Å². The van der Waals surface area contributed by atoms with E-state index in [0.29, 0.717) is 17.3 Å². The van der Waals surface area contributed by atoms with Gasteiger partial charge in [0.15, 0.2) is 10.6 Å². The molecule has 0 unspecified atom stereocenters. The number of thiophene rings is 1. The Morgan fingerprint density at radius 1 is 1.36 bits per heavy atom. The third-order valence-corrected chi connectivity index (χ3v) is 5.15. The molecule has 5 nitrogen and oxygen atoms in total. The van der Waals surface area contributed by atoms with Gasteiger partial charge in [0.1, 0.15) is 6.61 Å². The summed E-state index contributed by atoms with van der Waals surface area (Å²) >= 11 is 7.12. The number of aromatic nitrogens is 3. The lowest BCUT2D eigenvalue weighted by atomic mass is 10.2. The lowest BCUT2D eigenvalue weighted by Gasteiger charge is -2.16. The van der Waals surface area contributed by atoms with E-state index in [-0.39, 0.29) is 6.61 Å². The molecule has 2 aromatic heterocycles. The minimum Gasteiger partial charge on any atom is -0.388 e. The number of benzene rings is 1. The highest BCUT2D eigenvalue weighted by Gasteiger charge is 2.10. The molecule has 2 heterocycles. The number of aliphatic hydroxyl groups is 1. The van der Waals surface area contributed by atoms with E-state index in [9.17, 15) is 5.11 Å². The summed E-state index contributed by atoms with van der Waals surface area (Å²) in [7, 11) is 3.87. The highest BCUT2D eigenvalue weighted by Crippen LogP contribution is 2.26. The molecule has 7 heteroatoms. The van der Waals surface area contributed by atoms with Crippen molar-refractivity contribution in [2.45, 2.75) is 19.8 Å². The highest BCUT2D eigenvalue weighted by molar-refractivity contribution is 7.71. The fourth-order valence-electron chi connectivity index (χ4n) is 2.49. The molecule has 0 saturated carbocycles. The molecule has 1 N–H and O–H groups in total. The van der Waals surface area contributed by atoms with Gasteiger partial charge in [-0.3, -0.25) is 4.90 Å². The third kappa shape index (κ3) is 2.85. The van der Waals surface area contributed by atoms with Gasteiger partial charge in [0.05, 0.1) is 6.67 Å². The average Bonchev–Trinajstić information content (AvgIpc) is 3.04. The van der Waals surface area contributed by atoms with E-state index in [1.54, 1.807) is 20.6 Å². The molecule has 0 aliphatic rings. The van der Waals surface area contributed by atoms with Crippen LogP contribution >= 0.6 is 23.6 Å². The predicted molar refractivity (Wildman–Crippen MR) is 91.2 cm³/mol. The maximum Gasteiger partial charge on any atom is 0.198 e. The monoisotopic (exact) mass is 334 g/mol. The fraction of sp³-hybridized carbons (Fsp3) is 0.333. The van der Waals surface area contributed by atoms with Crippen LogP contribution in [-0.2, 0) is 26.9 Å². The number of fused-ring (bicyclic) bond motifs is 1. The van der Waals surface area contributed by atoms with Crippen molar-refractivity contribution >= 4 is 33.6 Å². The maximum atomic E-state index is 9.26. The minimum atomic E-state index is -0.105. The van der Waals surface area contributed by atoms with Crippen molar-refractivity contribution < 1.29 is 5.11 Å². The van der Waals surface area contributed by atoms with E-state index in [0.717, 1.165) is 6.54 Å². The zero-order chi connectivity index (χ0) is 15.7. The quantitative estimate of drug-likeness (QED) is 0.729. The van der Waals surface area contributed by atoms with Crippen molar-refractivity contribution in [1.29, 1.82) is 0 Å². The van der Waals surface area contributed by atoms with Crippen molar-refractivity contribution in [1.82, 2.24) is 19.2 Å². The summed E-state index contributed by atoms with van der Waals surface area (Å²) in [6.07, 6.45) is 0. The van der Waals surface area contributed by atoms with Gasteiger partial charge in [0.2, 0.25) is 0 Å². The smallest absolute Gasteiger partial charge is 0.198 e. The molecule has 0 spiro atoms. The molecule has 0 atom stereocenters. The van der Waals surface area contributed by atoms with Crippen molar-refractivity contribution in [3.8, 4) is 0 Å². The van der Waals surface area contributed by atoms with Gasteiger partial charge in [0.25, 0.3) is 0 Å². The zero-order valence-electron chi connectivity index (χ0n) is 12.6. The van der Waals surface area contributed by atoms with Gasteiger partial charge in [-0.15, -0.1) is 11.3 Å². The summed E-state index contributed by atoms with van der Waals surface area (Å²) < 4.78 is 5.41. The van der Waals surface area contributed by atoms with Crippen LogP contribution in [-0.4, -0.2) is 31.4 Å². The standard InChI is InChI=1S/C15H18N4OS2/c1-17(10-19-15(21)18(2)14(8-20)16-19)7-11-9-22-13-6-4-3-5-12(11)13/h3-6,9,20H,7-8,10H2,1-2H3. The van der Waals surface area contributed by atoms with Crippen molar-refractivity contribution in [3.05, 3.63) is 45.8 Å². The van der Waals surface area contributed by atoms with Crippen LogP contribution in [0.15, 0.2) is 29.6 Å². The topological polar surface area (TPSA) is 46.2 Å². The first-order valence-corrected chi connectivity index (χ1v) is 8.26. The molecule has 1 aromatic carbocycles. The molecule has 3 rings (SSSR count). The number of hydrogen-bond acceptors (Lipinski definition) is 5. The molecular formula is C15H18N4OS2. The number of rotatable bonds is 5. The Hall–Kier alpha value is -1.54. The molecule has 0 saturated heterocycles. The largest absolute Gasteiger partial charge is 0.388 e. The van der Waals surface area contributed by atoms with Gasteiger partial charge in [-0.25, -0.2) is 4.68 Å². The molecule has 0 radical (unpaired) electrons. The SMILES string of the molecule is CN(Cc1csc2ccccc12)Cn1nc(CO)n(C)c1=S. The first-order chi connectivity index (χ1) is 10.6. The van der Waals surface area contributed by atoms with Gasteiger partial charge in [-0.05, 0) is 41.7 Å². The van der Waals surface area contributed by atoms with E-state index < -0.39 is 0 Å². The van der Waals surface area contributed by atoms with E-state index in [2.05, 4.69) is 39.6 Å². The number of hydrogen-bond donors (Lipinski definition) is 1. The van der Waals surface area contributed by atoms with Gasteiger partial charge in [0, 0.05) is 18.3 Å². The molecule has 3 aromatic rings. The van der Waals surface area contributed by atoms with E-state index >= 15 is 0 Å². The van der Waals surface area contributed by atoms with E-state index in [1.807, 2.05) is 14.1 Å². The predicted octanol–water partition coefficient (Wildman–Crippen LogP) is 2.75. The summed E-state index contributed by atoms with van der Waals surface area (Å²) in [5.74, 6) is 0.583. The van der Waals surface area contributed by atoms with Crippen LogP contribution in [0.1, 0.15) is 11.4 Å². The van der Waals surface area contributed by atoms with Gasteiger partial charge in [-0.1, -0.05) is 18.2 Å². The van der Waals surface area contributed by atoms with Crippen molar-refractivity contribution in [2.24, 2.45) is 7.05 Å². The summed E-state index contributed by atoms with van der Waals surface area (Å²) in [6, 6.07) is 8.44. The Bertz CT molecular complexity index is 849. The second-order valence-electron chi connectivity index (χ2n) is 5.33. The number of aliphatic hydroxyl groups excluding tert-OH is 1. The summed E-state index contributed by atoms with van der Waals surface area (Å²) in [6.45, 7) is 1.32. The third-order valence-electron chi connectivity index (χ3n) is 3.65. The second-order valence-corrected chi connectivity index (χ2v) is 6.60. The first-order valence-electron chi connectivity index (χ1n) is 6.97. The average molecular weight is 334 g/mol. The Labute approximate surface area is 138 Å². The molecule has 0 amide bonds. The normalized spacial score (nSPS) is 11.6. The Balaban J connectivity index is 1.78. The molecule has 116 valence electrons. The summed E-state index contributed by atoms with van der Waals surface area (Å²) in [5.41, 5.74) is 1.31. The minimum absolute atomic E-state index is 0.105. The Morgan fingerprint density at radius 3 is 2.86 bits per heavy atom. The Morgan fingerprint density at radius 2 is 2.14 bits per heavy atom. The van der Waals surface area contributed by atoms with Crippen LogP contribution in [0.5, 0.6) is 0 Å². The van der Waals surface area contributed by atoms with Gasteiger partial charge >= 0.3 is 0 Å². The molecule has 0 aliphatic carbocycles. The maximum absolute atomic E-state index is 9.26. The highest BCUT2D eigenvalue weighted by atomic mass is 32.1. The van der Waals surface area contributed by atoms with Crippen molar-refractivity contribution in [3.63, 3.8) is 0 Å². The van der Waals surface area contributed by atoms with Gasteiger partial charge < -0.3 is 9.67 Å². The van der Waals surface area contributed by atoms with Gasteiger partial charge in [-0.2, -0.15) is 5.10 Å². The first kappa shape index (κ1) is 15.4. The van der Waals surface area contributed by atoms with Crippen molar-refractivity contribution in [2.75, 3.05) is 7.05 Å². The lowest BCUT2D eigenvalue weighted by molar-refractivity contribution is 0.239. The molecular weight excluding hydrogens is 316 g/mol. The van der Waals surface area contributed by atoms with Crippen LogP contribution in [0.25, 0.3) is 10.1 Å². The second kappa shape index (κ2) is 6.29. The lowest BCUT2D eigenvalue weighted by Crippen LogP contribution is -2.22. The van der Waals surface area contributed by atoms with E-state index in [4.69, 9.17) is 12.2 Å². The summed E-state index contributed by atoms with van der Waals surface area (Å²) in [4.78, 5) is 2.17. The Kier molecular flexibility index (Phi) is 4.39. The fourth-order valence-corrected chi connectivity index (χ4v) is 3.65. The molecule has 22 heavy (non-hydrogen) atoms. The summed E-state index contributed by atoms with van der Waals surface area (Å²) in [5, 5.41) is 17.1. The van der Waals surface area contributed by atoms with Crippen LogP contribution in [0.2, 0.25) is 0 Å². The van der Waals surface area contributed by atoms with E-state index in [1.165, 1.54) is 15.6 Å². The van der Waals surface area contributed by atoms with Crippen LogP contribution < -0.4 is 0 Å². The molecule has 0 fully saturated rings. The zero-order valence-corrected chi connectivity index (χ0v) is 14.2. The van der Waals surface area contributed by atoms with Crippen LogP contribution in [0, 0.1) is 4.77 Å². The number of nitrogens with zero attached hydrogens (tertiary/aromatic N) is 4. The molecule has 0 bridgehead atoms. The van der Waals surface area contributed by atoms with Crippen LogP contribution in [0.3, 0.4) is 0 Å².